The third-order valence-electron chi connectivity index (χ3n) is 4.26. The van der Waals surface area contributed by atoms with E-state index in [2.05, 4.69) is 10.3 Å². The summed E-state index contributed by atoms with van der Waals surface area (Å²) in [6, 6.07) is 3.13. The topological polar surface area (TPSA) is 112 Å². The largest absolute Gasteiger partial charge is 0.497 e. The summed E-state index contributed by atoms with van der Waals surface area (Å²) >= 11 is 6.20. The molecule has 2 aromatic rings. The Bertz CT molecular complexity index is 988. The molecule has 1 amide bonds. The summed E-state index contributed by atoms with van der Waals surface area (Å²) in [5.41, 5.74) is 0.293. The first-order valence-corrected chi connectivity index (χ1v) is 10.5. The summed E-state index contributed by atoms with van der Waals surface area (Å²) in [6.45, 7) is 1.06. The highest BCUT2D eigenvalue weighted by Gasteiger charge is 2.28. The molecule has 158 valence electrons. The number of sulfonamides is 1. The fraction of sp³-hybridized carbons (Fsp3) is 0.412. The maximum absolute atomic E-state index is 12.6. The maximum Gasteiger partial charge on any atom is 0.262 e. The first kappa shape index (κ1) is 21.4. The van der Waals surface area contributed by atoms with Gasteiger partial charge < -0.3 is 24.1 Å². The Morgan fingerprint density at radius 2 is 2.00 bits per heavy atom. The zero-order valence-corrected chi connectivity index (χ0v) is 17.5. The van der Waals surface area contributed by atoms with Crippen LogP contribution in [0.3, 0.4) is 0 Å². The van der Waals surface area contributed by atoms with Crippen molar-refractivity contribution >= 4 is 33.2 Å². The van der Waals surface area contributed by atoms with Gasteiger partial charge in [0.05, 0.1) is 38.8 Å². The first-order valence-electron chi connectivity index (χ1n) is 8.66. The number of rotatable bonds is 7. The normalized spacial score (nSPS) is 15.1. The molecule has 1 aliphatic rings. The summed E-state index contributed by atoms with van der Waals surface area (Å²) < 4.78 is 43.5. The molecule has 10 nitrogen and oxygen atoms in total. The fourth-order valence-corrected chi connectivity index (χ4v) is 4.37. The van der Waals surface area contributed by atoms with Gasteiger partial charge in [-0.25, -0.2) is 13.4 Å². The monoisotopic (exact) mass is 444 g/mol. The average molecular weight is 445 g/mol. The number of benzene rings is 1. The van der Waals surface area contributed by atoms with E-state index in [1.807, 2.05) is 0 Å². The Morgan fingerprint density at radius 1 is 1.28 bits per heavy atom. The van der Waals surface area contributed by atoms with Gasteiger partial charge in [0, 0.05) is 31.4 Å². The Labute approximate surface area is 173 Å². The lowest BCUT2D eigenvalue weighted by atomic mass is 10.2. The minimum Gasteiger partial charge on any atom is -0.497 e. The number of carbonyl (C=O) groups excluding carboxylic acids is 1. The van der Waals surface area contributed by atoms with Crippen LogP contribution in [0.4, 0.5) is 5.69 Å². The SMILES string of the molecule is COc1cc(Cl)c(NC(=O)Cn2cnc(S(=O)(=O)N3CCOCC3)c2)c(OC)c1. The van der Waals surface area contributed by atoms with Crippen LogP contribution in [0.2, 0.25) is 5.02 Å². The molecule has 1 aliphatic heterocycles. The highest BCUT2D eigenvalue weighted by atomic mass is 35.5. The molecule has 0 spiro atoms. The number of imidazole rings is 1. The number of anilines is 1. The average Bonchev–Trinajstić information content (AvgIpc) is 3.19. The molecule has 2 heterocycles. The van der Waals surface area contributed by atoms with Crippen LogP contribution in [0, 0.1) is 0 Å². The van der Waals surface area contributed by atoms with E-state index < -0.39 is 15.9 Å². The Kier molecular flexibility index (Phi) is 6.63. The Hall–Kier alpha value is -2.34. The molecule has 29 heavy (non-hydrogen) atoms. The summed E-state index contributed by atoms with van der Waals surface area (Å²) in [7, 11) is -0.791. The van der Waals surface area contributed by atoms with E-state index in [4.69, 9.17) is 25.8 Å². The van der Waals surface area contributed by atoms with Gasteiger partial charge in [-0.15, -0.1) is 0 Å². The highest BCUT2D eigenvalue weighted by Crippen LogP contribution is 2.36. The lowest BCUT2D eigenvalue weighted by molar-refractivity contribution is -0.116. The third-order valence-corrected chi connectivity index (χ3v) is 6.34. The second kappa shape index (κ2) is 8.99. The van der Waals surface area contributed by atoms with Crippen LogP contribution in [0.5, 0.6) is 11.5 Å². The van der Waals surface area contributed by atoms with E-state index in [-0.39, 0.29) is 29.7 Å². The van der Waals surface area contributed by atoms with E-state index in [0.717, 1.165) is 0 Å². The van der Waals surface area contributed by atoms with E-state index >= 15 is 0 Å². The predicted octanol–water partition coefficient (Wildman–Crippen LogP) is 1.21. The van der Waals surface area contributed by atoms with Gasteiger partial charge in [-0.1, -0.05) is 11.6 Å². The fourth-order valence-electron chi connectivity index (χ4n) is 2.78. The van der Waals surface area contributed by atoms with Crippen LogP contribution < -0.4 is 14.8 Å². The molecule has 12 heteroatoms. The number of hydrogen-bond acceptors (Lipinski definition) is 7. The number of halogens is 1. The van der Waals surface area contributed by atoms with Crippen LogP contribution in [0.25, 0.3) is 0 Å². The molecule has 0 radical (unpaired) electrons. The molecular weight excluding hydrogens is 424 g/mol. The van der Waals surface area contributed by atoms with Crippen molar-refractivity contribution in [1.82, 2.24) is 13.9 Å². The molecule has 0 aliphatic carbocycles. The predicted molar refractivity (Wildman–Crippen MR) is 105 cm³/mol. The first-order chi connectivity index (χ1) is 13.8. The lowest BCUT2D eigenvalue weighted by Crippen LogP contribution is -2.40. The number of methoxy groups -OCH3 is 2. The molecule has 1 aromatic carbocycles. The van der Waals surface area contributed by atoms with Gasteiger partial charge in [-0.2, -0.15) is 4.31 Å². The van der Waals surface area contributed by atoms with Gasteiger partial charge in [0.15, 0.2) is 5.03 Å². The number of amides is 1. The molecule has 0 bridgehead atoms. The van der Waals surface area contributed by atoms with Crippen molar-refractivity contribution in [3.05, 3.63) is 29.7 Å². The van der Waals surface area contributed by atoms with E-state index in [9.17, 15) is 13.2 Å². The molecular formula is C17H21ClN4O6S. The second-order valence-electron chi connectivity index (χ2n) is 6.14. The molecule has 0 atom stereocenters. The quantitative estimate of drug-likeness (QED) is 0.683. The zero-order valence-electron chi connectivity index (χ0n) is 15.9. The molecule has 3 rings (SSSR count). The van der Waals surface area contributed by atoms with Gasteiger partial charge in [0.1, 0.15) is 23.7 Å². The molecule has 0 saturated carbocycles. The van der Waals surface area contributed by atoms with E-state index in [1.54, 1.807) is 12.1 Å². The van der Waals surface area contributed by atoms with Crippen molar-refractivity contribution in [2.45, 2.75) is 11.6 Å². The standard InChI is InChI=1S/C17H21ClN4O6S/c1-26-12-7-13(18)17(14(8-12)27-2)20-15(23)9-21-10-16(19-11-21)29(24,25)22-3-5-28-6-4-22/h7-8,10-11H,3-6,9H2,1-2H3,(H,20,23). The number of hydrogen-bond donors (Lipinski definition) is 1. The van der Waals surface area contributed by atoms with Crippen LogP contribution in [-0.2, 0) is 26.1 Å². The maximum atomic E-state index is 12.6. The number of aromatic nitrogens is 2. The number of nitrogens with one attached hydrogen (secondary N) is 1. The van der Waals surface area contributed by atoms with Gasteiger partial charge >= 0.3 is 0 Å². The smallest absolute Gasteiger partial charge is 0.262 e. The molecule has 1 saturated heterocycles. The van der Waals surface area contributed by atoms with Crippen molar-refractivity contribution in [2.75, 3.05) is 45.8 Å². The highest BCUT2D eigenvalue weighted by molar-refractivity contribution is 7.89. The third kappa shape index (κ3) is 4.81. The van der Waals surface area contributed by atoms with Crippen molar-refractivity contribution in [3.63, 3.8) is 0 Å². The van der Waals surface area contributed by atoms with Crippen LogP contribution in [0.1, 0.15) is 0 Å². The molecule has 1 aromatic heterocycles. The summed E-state index contributed by atoms with van der Waals surface area (Å²) in [5, 5.41) is 2.79. The Balaban J connectivity index is 1.71. The van der Waals surface area contributed by atoms with Crippen LogP contribution >= 0.6 is 11.6 Å². The van der Waals surface area contributed by atoms with Crippen molar-refractivity contribution in [2.24, 2.45) is 0 Å². The summed E-state index contributed by atoms with van der Waals surface area (Å²) in [6.07, 6.45) is 2.61. The zero-order chi connectivity index (χ0) is 21.0. The van der Waals surface area contributed by atoms with Crippen molar-refractivity contribution < 1.29 is 27.4 Å². The molecule has 1 fully saturated rings. The molecule has 1 N–H and O–H groups in total. The van der Waals surface area contributed by atoms with Crippen molar-refractivity contribution in [3.8, 4) is 11.5 Å². The summed E-state index contributed by atoms with van der Waals surface area (Å²) in [4.78, 5) is 16.4. The van der Waals surface area contributed by atoms with E-state index in [0.29, 0.717) is 30.4 Å². The van der Waals surface area contributed by atoms with Crippen molar-refractivity contribution in [1.29, 1.82) is 0 Å². The minimum atomic E-state index is -3.73. The second-order valence-corrected chi connectivity index (χ2v) is 8.43. The minimum absolute atomic E-state index is 0.118. The van der Waals surface area contributed by atoms with Crippen LogP contribution in [0.15, 0.2) is 29.7 Å². The van der Waals surface area contributed by atoms with E-state index in [1.165, 1.54) is 35.6 Å². The van der Waals surface area contributed by atoms with Gasteiger partial charge in [0.25, 0.3) is 10.0 Å². The number of nitrogens with zero attached hydrogens (tertiary/aromatic N) is 3. The van der Waals surface area contributed by atoms with Crippen LogP contribution in [-0.4, -0.2) is 68.7 Å². The van der Waals surface area contributed by atoms with Gasteiger partial charge in [-0.05, 0) is 0 Å². The lowest BCUT2D eigenvalue weighted by Gasteiger charge is -2.24. The van der Waals surface area contributed by atoms with Gasteiger partial charge in [-0.3, -0.25) is 4.79 Å². The number of ether oxygens (including phenoxy) is 3. The number of morpholine rings is 1. The molecule has 0 unspecified atom stereocenters. The Morgan fingerprint density at radius 3 is 2.66 bits per heavy atom. The van der Waals surface area contributed by atoms with Gasteiger partial charge in [0.2, 0.25) is 5.91 Å². The summed E-state index contributed by atoms with van der Waals surface area (Å²) in [5.74, 6) is 0.393. The number of carbonyl (C=O) groups is 1.